The fourth-order valence-electron chi connectivity index (χ4n) is 2.62. The van der Waals surface area contributed by atoms with Crippen molar-refractivity contribution in [1.82, 2.24) is 0 Å². The highest BCUT2D eigenvalue weighted by Gasteiger charge is 2.25. The van der Waals surface area contributed by atoms with Crippen molar-refractivity contribution >= 4 is 5.78 Å². The van der Waals surface area contributed by atoms with Gasteiger partial charge in [-0.05, 0) is 38.5 Å². The summed E-state index contributed by atoms with van der Waals surface area (Å²) in [7, 11) is 0. The van der Waals surface area contributed by atoms with Crippen LogP contribution in [0.1, 0.15) is 58.8 Å². The predicted molar refractivity (Wildman–Crippen MR) is 64.8 cm³/mol. The minimum absolute atomic E-state index is 0.342. The molecule has 0 bridgehead atoms. The lowest BCUT2D eigenvalue weighted by molar-refractivity contribution is -0.123. The lowest BCUT2D eigenvalue weighted by Gasteiger charge is -2.27. The van der Waals surface area contributed by atoms with Crippen molar-refractivity contribution in [2.75, 3.05) is 0 Å². The van der Waals surface area contributed by atoms with Gasteiger partial charge in [0.15, 0.2) is 0 Å². The standard InChI is InChI=1S/C14H24O/c1-4-5-12-6-8-13(9-7-12)14(15)10-11(2)3/h12-13H,2,4-10H2,1,3H3. The number of rotatable bonds is 5. The van der Waals surface area contributed by atoms with E-state index in [1.54, 1.807) is 0 Å². The van der Waals surface area contributed by atoms with Crippen LogP contribution in [0.3, 0.4) is 0 Å². The van der Waals surface area contributed by atoms with Crippen LogP contribution in [0.2, 0.25) is 0 Å². The highest BCUT2D eigenvalue weighted by atomic mass is 16.1. The third-order valence-corrected chi connectivity index (χ3v) is 3.48. The molecule has 0 aromatic heterocycles. The van der Waals surface area contributed by atoms with Crippen molar-refractivity contribution in [3.63, 3.8) is 0 Å². The molecule has 86 valence electrons. The maximum atomic E-state index is 11.8. The zero-order valence-corrected chi connectivity index (χ0v) is 10.2. The first-order valence-corrected chi connectivity index (χ1v) is 6.30. The Morgan fingerprint density at radius 2 is 1.87 bits per heavy atom. The fraction of sp³-hybridized carbons (Fsp3) is 0.786. The summed E-state index contributed by atoms with van der Waals surface area (Å²) in [6.45, 7) is 8.01. The lowest BCUT2D eigenvalue weighted by Crippen LogP contribution is -2.21. The summed E-state index contributed by atoms with van der Waals surface area (Å²) >= 11 is 0. The van der Waals surface area contributed by atoms with E-state index in [2.05, 4.69) is 13.5 Å². The van der Waals surface area contributed by atoms with E-state index < -0.39 is 0 Å². The maximum absolute atomic E-state index is 11.8. The fourth-order valence-corrected chi connectivity index (χ4v) is 2.62. The van der Waals surface area contributed by atoms with Gasteiger partial charge in [-0.15, -0.1) is 0 Å². The van der Waals surface area contributed by atoms with Crippen molar-refractivity contribution in [3.8, 4) is 0 Å². The quantitative estimate of drug-likeness (QED) is 0.621. The van der Waals surface area contributed by atoms with Gasteiger partial charge in [-0.2, -0.15) is 0 Å². The molecule has 0 N–H and O–H groups in total. The molecule has 0 atom stereocenters. The number of carbonyl (C=O) groups excluding carboxylic acids is 1. The van der Waals surface area contributed by atoms with E-state index in [0.29, 0.717) is 18.1 Å². The van der Waals surface area contributed by atoms with Gasteiger partial charge in [0.25, 0.3) is 0 Å². The summed E-state index contributed by atoms with van der Waals surface area (Å²) in [5.74, 6) is 1.66. The summed E-state index contributed by atoms with van der Waals surface area (Å²) < 4.78 is 0. The molecule has 1 aliphatic carbocycles. The largest absolute Gasteiger partial charge is 0.299 e. The van der Waals surface area contributed by atoms with Crippen LogP contribution in [0, 0.1) is 11.8 Å². The Bertz CT molecular complexity index is 221. The van der Waals surface area contributed by atoms with Crippen molar-refractivity contribution < 1.29 is 4.79 Å². The molecule has 0 aromatic carbocycles. The van der Waals surface area contributed by atoms with Crippen molar-refractivity contribution in [2.45, 2.75) is 58.8 Å². The van der Waals surface area contributed by atoms with Gasteiger partial charge in [-0.1, -0.05) is 31.9 Å². The molecule has 15 heavy (non-hydrogen) atoms. The van der Waals surface area contributed by atoms with Gasteiger partial charge in [-0.25, -0.2) is 0 Å². The molecule has 0 aliphatic heterocycles. The molecule has 1 heteroatoms. The van der Waals surface area contributed by atoms with Crippen LogP contribution >= 0.6 is 0 Å². The smallest absolute Gasteiger partial charge is 0.139 e. The van der Waals surface area contributed by atoms with Crippen molar-refractivity contribution in [2.24, 2.45) is 11.8 Å². The number of ketones is 1. The van der Waals surface area contributed by atoms with Crippen LogP contribution in [0.15, 0.2) is 12.2 Å². The van der Waals surface area contributed by atoms with E-state index in [1.165, 1.54) is 25.7 Å². The average molecular weight is 208 g/mol. The van der Waals surface area contributed by atoms with Gasteiger partial charge in [0.1, 0.15) is 5.78 Å². The van der Waals surface area contributed by atoms with Crippen LogP contribution in [0.5, 0.6) is 0 Å². The molecule has 1 nitrogen and oxygen atoms in total. The second kappa shape index (κ2) is 6.09. The SMILES string of the molecule is C=C(C)CC(=O)C1CCC(CCC)CC1. The van der Waals surface area contributed by atoms with Crippen LogP contribution in [-0.2, 0) is 4.79 Å². The summed E-state index contributed by atoms with van der Waals surface area (Å²) in [5, 5.41) is 0. The molecular formula is C14H24O. The molecule has 0 heterocycles. The third kappa shape index (κ3) is 4.19. The Labute approximate surface area is 93.9 Å². The van der Waals surface area contributed by atoms with E-state index in [4.69, 9.17) is 0 Å². The van der Waals surface area contributed by atoms with E-state index >= 15 is 0 Å². The molecule has 0 spiro atoms. The Morgan fingerprint density at radius 1 is 1.27 bits per heavy atom. The topological polar surface area (TPSA) is 17.1 Å². The Hall–Kier alpha value is -0.590. The number of allylic oxidation sites excluding steroid dienone is 1. The van der Waals surface area contributed by atoms with Gasteiger partial charge >= 0.3 is 0 Å². The van der Waals surface area contributed by atoms with Gasteiger partial charge in [0.2, 0.25) is 0 Å². The average Bonchev–Trinajstić information content (AvgIpc) is 2.18. The minimum Gasteiger partial charge on any atom is -0.299 e. The maximum Gasteiger partial charge on any atom is 0.139 e. The lowest BCUT2D eigenvalue weighted by atomic mass is 9.77. The molecule has 0 unspecified atom stereocenters. The van der Waals surface area contributed by atoms with Crippen LogP contribution in [-0.4, -0.2) is 5.78 Å². The van der Waals surface area contributed by atoms with Crippen molar-refractivity contribution in [1.29, 1.82) is 0 Å². The summed E-state index contributed by atoms with van der Waals surface area (Å²) in [5.41, 5.74) is 1.01. The Morgan fingerprint density at radius 3 is 2.33 bits per heavy atom. The second-order valence-corrected chi connectivity index (χ2v) is 5.11. The van der Waals surface area contributed by atoms with Crippen LogP contribution in [0.25, 0.3) is 0 Å². The predicted octanol–water partition coefficient (Wildman–Crippen LogP) is 4.13. The number of Topliss-reactive ketones (excluding diaryl/α,β-unsaturated/α-hetero) is 1. The van der Waals surface area contributed by atoms with Gasteiger partial charge in [-0.3, -0.25) is 4.79 Å². The first-order valence-electron chi connectivity index (χ1n) is 6.30. The van der Waals surface area contributed by atoms with Crippen molar-refractivity contribution in [3.05, 3.63) is 12.2 Å². The molecule has 0 radical (unpaired) electrons. The van der Waals surface area contributed by atoms with Crippen LogP contribution in [0.4, 0.5) is 0 Å². The molecule has 1 aliphatic rings. The summed E-state index contributed by atoms with van der Waals surface area (Å²) in [6.07, 6.45) is 8.01. The monoisotopic (exact) mass is 208 g/mol. The molecular weight excluding hydrogens is 184 g/mol. The third-order valence-electron chi connectivity index (χ3n) is 3.48. The number of carbonyl (C=O) groups is 1. The van der Waals surface area contributed by atoms with Gasteiger partial charge in [0.05, 0.1) is 0 Å². The first kappa shape index (κ1) is 12.5. The highest BCUT2D eigenvalue weighted by molar-refractivity contribution is 5.83. The summed E-state index contributed by atoms with van der Waals surface area (Å²) in [6, 6.07) is 0. The molecule has 0 aromatic rings. The molecule has 0 amide bonds. The van der Waals surface area contributed by atoms with E-state index in [1.807, 2.05) is 6.92 Å². The number of hydrogen-bond acceptors (Lipinski definition) is 1. The van der Waals surface area contributed by atoms with E-state index in [0.717, 1.165) is 24.3 Å². The normalized spacial score (nSPS) is 26.3. The van der Waals surface area contributed by atoms with E-state index in [-0.39, 0.29) is 0 Å². The number of hydrogen-bond donors (Lipinski definition) is 0. The second-order valence-electron chi connectivity index (χ2n) is 5.11. The zero-order valence-electron chi connectivity index (χ0n) is 10.2. The zero-order chi connectivity index (χ0) is 11.3. The molecule has 1 fully saturated rings. The highest BCUT2D eigenvalue weighted by Crippen LogP contribution is 2.32. The molecule has 0 saturated heterocycles. The Kier molecular flexibility index (Phi) is 5.07. The minimum atomic E-state index is 0.342. The first-order chi connectivity index (χ1) is 7.13. The molecule has 1 saturated carbocycles. The molecule has 1 rings (SSSR count). The Balaban J connectivity index is 2.30. The van der Waals surface area contributed by atoms with Gasteiger partial charge < -0.3 is 0 Å². The van der Waals surface area contributed by atoms with Gasteiger partial charge in [0, 0.05) is 12.3 Å². The van der Waals surface area contributed by atoms with E-state index in [9.17, 15) is 4.79 Å². The summed E-state index contributed by atoms with van der Waals surface area (Å²) in [4.78, 5) is 11.8. The van der Waals surface area contributed by atoms with Crippen LogP contribution < -0.4 is 0 Å².